The molecule has 6 nitrogen and oxygen atoms in total. The summed E-state index contributed by atoms with van der Waals surface area (Å²) in [6.07, 6.45) is 4.59. The maximum Gasteiger partial charge on any atom is 0.253 e. The number of benzene rings is 2. The second-order valence-corrected chi connectivity index (χ2v) is 9.98. The van der Waals surface area contributed by atoms with Crippen molar-refractivity contribution in [3.8, 4) is 5.75 Å². The SMILES string of the molecule is CC(=O)c1ccc(C(=O)N2CCC3(CCN(C(=O)C4=Cc5cc(Cl)ccc5OC4)C3)CC2)cc1. The summed E-state index contributed by atoms with van der Waals surface area (Å²) in [5, 5.41) is 0.614. The number of piperidine rings is 1. The van der Waals surface area contributed by atoms with E-state index in [-0.39, 0.29) is 29.6 Å². The molecule has 0 aromatic heterocycles. The predicted molar refractivity (Wildman–Crippen MR) is 130 cm³/mol. The summed E-state index contributed by atoms with van der Waals surface area (Å²) in [4.78, 5) is 41.4. The van der Waals surface area contributed by atoms with Crippen molar-refractivity contribution in [2.45, 2.75) is 26.2 Å². The van der Waals surface area contributed by atoms with Gasteiger partial charge in [-0.1, -0.05) is 23.7 Å². The molecular formula is C27H27ClN2O4. The summed E-state index contributed by atoms with van der Waals surface area (Å²) in [6.45, 7) is 4.56. The Kier molecular flexibility index (Phi) is 5.94. The molecule has 0 aliphatic carbocycles. The van der Waals surface area contributed by atoms with Crippen molar-refractivity contribution < 1.29 is 19.1 Å². The Hall–Kier alpha value is -3.12. The molecule has 0 bridgehead atoms. The van der Waals surface area contributed by atoms with Gasteiger partial charge in [0, 0.05) is 47.9 Å². The molecule has 34 heavy (non-hydrogen) atoms. The quantitative estimate of drug-likeness (QED) is 0.610. The number of hydrogen-bond acceptors (Lipinski definition) is 4. The van der Waals surface area contributed by atoms with Crippen molar-refractivity contribution in [2.24, 2.45) is 5.41 Å². The second-order valence-electron chi connectivity index (χ2n) is 9.54. The highest BCUT2D eigenvalue weighted by molar-refractivity contribution is 6.30. The molecule has 7 heteroatoms. The van der Waals surface area contributed by atoms with E-state index in [9.17, 15) is 14.4 Å². The minimum atomic E-state index is -0.0113. The number of halogens is 1. The number of hydrogen-bond donors (Lipinski definition) is 0. The van der Waals surface area contributed by atoms with Crippen LogP contribution in [0.25, 0.3) is 6.08 Å². The van der Waals surface area contributed by atoms with Crippen LogP contribution in [0.5, 0.6) is 5.75 Å². The Morgan fingerprint density at radius 3 is 2.21 bits per heavy atom. The van der Waals surface area contributed by atoms with Crippen LogP contribution in [0.15, 0.2) is 48.0 Å². The summed E-state index contributed by atoms with van der Waals surface area (Å²) < 4.78 is 5.77. The Balaban J connectivity index is 1.20. The average molecular weight is 479 g/mol. The van der Waals surface area contributed by atoms with E-state index in [1.807, 2.05) is 28.0 Å². The van der Waals surface area contributed by atoms with E-state index in [4.69, 9.17) is 16.3 Å². The number of Topliss-reactive ketones (excluding diaryl/α,β-unsaturated/α-hetero) is 1. The van der Waals surface area contributed by atoms with E-state index in [0.29, 0.717) is 41.4 Å². The second kappa shape index (κ2) is 8.91. The predicted octanol–water partition coefficient (Wildman–Crippen LogP) is 4.47. The first kappa shape index (κ1) is 22.7. The van der Waals surface area contributed by atoms with Gasteiger partial charge < -0.3 is 14.5 Å². The molecule has 2 aromatic carbocycles. The number of carbonyl (C=O) groups excluding carboxylic acids is 3. The van der Waals surface area contributed by atoms with Gasteiger partial charge in [0.2, 0.25) is 0 Å². The first-order valence-corrected chi connectivity index (χ1v) is 12.0. The molecule has 0 N–H and O–H groups in total. The van der Waals surface area contributed by atoms with Crippen LogP contribution in [-0.4, -0.2) is 60.2 Å². The zero-order valence-corrected chi connectivity index (χ0v) is 19.9. The molecule has 2 amide bonds. The van der Waals surface area contributed by atoms with Crippen molar-refractivity contribution in [3.05, 3.63) is 69.8 Å². The van der Waals surface area contributed by atoms with E-state index < -0.39 is 0 Å². The van der Waals surface area contributed by atoms with Crippen molar-refractivity contribution in [2.75, 3.05) is 32.8 Å². The molecule has 1 spiro atoms. The first-order chi connectivity index (χ1) is 16.3. The molecule has 3 aliphatic heterocycles. The van der Waals surface area contributed by atoms with Crippen LogP contribution in [0, 0.1) is 5.41 Å². The van der Waals surface area contributed by atoms with E-state index in [1.54, 1.807) is 30.3 Å². The van der Waals surface area contributed by atoms with Crippen LogP contribution in [0.1, 0.15) is 52.5 Å². The van der Waals surface area contributed by atoms with Crippen LogP contribution in [0.2, 0.25) is 5.02 Å². The lowest BCUT2D eigenvalue weighted by molar-refractivity contribution is -0.127. The zero-order valence-electron chi connectivity index (χ0n) is 19.2. The zero-order chi connectivity index (χ0) is 23.9. The Labute approximate surface area is 204 Å². The number of likely N-dealkylation sites (tertiary alicyclic amines) is 2. The van der Waals surface area contributed by atoms with Gasteiger partial charge in [0.05, 0.1) is 5.57 Å². The molecular weight excluding hydrogens is 452 g/mol. The number of fused-ring (bicyclic) bond motifs is 1. The van der Waals surface area contributed by atoms with Gasteiger partial charge in [0.25, 0.3) is 11.8 Å². The van der Waals surface area contributed by atoms with Crippen molar-refractivity contribution in [3.63, 3.8) is 0 Å². The Morgan fingerprint density at radius 2 is 1.53 bits per heavy atom. The lowest BCUT2D eigenvalue weighted by Crippen LogP contribution is -2.45. The summed E-state index contributed by atoms with van der Waals surface area (Å²) in [5.74, 6) is 0.749. The van der Waals surface area contributed by atoms with Gasteiger partial charge in [-0.3, -0.25) is 14.4 Å². The van der Waals surface area contributed by atoms with Crippen LogP contribution >= 0.6 is 11.6 Å². The number of nitrogens with zero attached hydrogens (tertiary/aromatic N) is 2. The van der Waals surface area contributed by atoms with Crippen molar-refractivity contribution in [1.29, 1.82) is 0 Å². The molecule has 3 heterocycles. The van der Waals surface area contributed by atoms with Gasteiger partial charge in [-0.15, -0.1) is 0 Å². The highest BCUT2D eigenvalue weighted by Crippen LogP contribution is 2.41. The molecule has 3 aliphatic rings. The lowest BCUT2D eigenvalue weighted by atomic mass is 9.77. The highest BCUT2D eigenvalue weighted by atomic mass is 35.5. The van der Waals surface area contributed by atoms with E-state index >= 15 is 0 Å². The van der Waals surface area contributed by atoms with Gasteiger partial charge in [-0.25, -0.2) is 0 Å². The summed E-state index contributed by atoms with van der Waals surface area (Å²) in [6, 6.07) is 12.3. The monoisotopic (exact) mass is 478 g/mol. The summed E-state index contributed by atoms with van der Waals surface area (Å²) >= 11 is 6.10. The molecule has 2 fully saturated rings. The lowest BCUT2D eigenvalue weighted by Gasteiger charge is -2.39. The van der Waals surface area contributed by atoms with E-state index in [1.165, 1.54) is 6.92 Å². The number of ether oxygens (including phenoxy) is 1. The first-order valence-electron chi connectivity index (χ1n) is 11.7. The summed E-state index contributed by atoms with van der Waals surface area (Å²) in [7, 11) is 0. The van der Waals surface area contributed by atoms with E-state index in [2.05, 4.69) is 0 Å². The number of carbonyl (C=O) groups is 3. The summed E-state index contributed by atoms with van der Waals surface area (Å²) in [5.41, 5.74) is 2.75. The molecule has 2 saturated heterocycles. The standard InChI is InChI=1S/C27H27ClN2O4/c1-18(31)19-2-4-20(5-3-19)25(32)29-11-8-27(9-12-29)10-13-30(17-27)26(33)22-14-21-15-23(28)6-7-24(21)34-16-22/h2-7,14-15H,8-13,16-17H2,1H3. The fourth-order valence-corrected chi connectivity index (χ4v) is 5.39. The molecule has 0 radical (unpaired) electrons. The molecule has 2 aromatic rings. The van der Waals surface area contributed by atoms with Gasteiger partial charge in [0.15, 0.2) is 5.78 Å². The fourth-order valence-electron chi connectivity index (χ4n) is 5.21. The van der Waals surface area contributed by atoms with Gasteiger partial charge in [-0.2, -0.15) is 0 Å². The largest absolute Gasteiger partial charge is 0.488 e. The third-order valence-corrected chi connectivity index (χ3v) is 7.57. The van der Waals surface area contributed by atoms with Crippen LogP contribution in [0.3, 0.4) is 0 Å². The topological polar surface area (TPSA) is 66.9 Å². The third kappa shape index (κ3) is 4.34. The maximum atomic E-state index is 13.2. The van der Waals surface area contributed by atoms with Crippen molar-refractivity contribution in [1.82, 2.24) is 9.80 Å². The normalized spacial score (nSPS) is 18.8. The minimum absolute atomic E-state index is 0.00211. The van der Waals surface area contributed by atoms with Crippen LogP contribution in [-0.2, 0) is 4.79 Å². The van der Waals surface area contributed by atoms with Gasteiger partial charge in [0.1, 0.15) is 12.4 Å². The van der Waals surface area contributed by atoms with Crippen LogP contribution in [0.4, 0.5) is 0 Å². The fraction of sp³-hybridized carbons (Fsp3) is 0.370. The maximum absolute atomic E-state index is 13.2. The average Bonchev–Trinajstić information content (AvgIpc) is 3.26. The highest BCUT2D eigenvalue weighted by Gasteiger charge is 2.43. The third-order valence-electron chi connectivity index (χ3n) is 7.33. The van der Waals surface area contributed by atoms with Gasteiger partial charge in [-0.05, 0) is 68.0 Å². The molecule has 0 saturated carbocycles. The van der Waals surface area contributed by atoms with Crippen molar-refractivity contribution >= 4 is 35.3 Å². The number of amides is 2. The number of rotatable bonds is 3. The molecule has 176 valence electrons. The smallest absolute Gasteiger partial charge is 0.253 e. The molecule has 0 unspecified atom stereocenters. The van der Waals surface area contributed by atoms with Gasteiger partial charge >= 0.3 is 0 Å². The molecule has 0 atom stereocenters. The molecule has 5 rings (SSSR count). The van der Waals surface area contributed by atoms with Crippen LogP contribution < -0.4 is 4.74 Å². The number of ketones is 1. The minimum Gasteiger partial charge on any atom is -0.488 e. The Morgan fingerprint density at radius 1 is 0.882 bits per heavy atom. The Bertz CT molecular complexity index is 1180. The van der Waals surface area contributed by atoms with E-state index in [0.717, 1.165) is 37.1 Å².